The summed E-state index contributed by atoms with van der Waals surface area (Å²) in [6.45, 7) is 0.425. The van der Waals surface area contributed by atoms with Gasteiger partial charge in [0, 0.05) is 12.4 Å². The Hall–Kier alpha value is -0.0300. The maximum Gasteiger partial charge on any atom is 0.108 e. The van der Waals surface area contributed by atoms with E-state index in [2.05, 4.69) is 0 Å². The first-order valence-corrected chi connectivity index (χ1v) is 3.49. The molecule has 0 aliphatic carbocycles. The number of hydrogen-bond donors (Lipinski definition) is 1. The number of aliphatic hydroxyl groups excluding tert-OH is 1. The smallest absolute Gasteiger partial charge is 0.108 e. The molecule has 0 heterocycles. The lowest BCUT2D eigenvalue weighted by atomic mass is 10.2. The first-order valence-electron chi connectivity index (χ1n) is 3.49. The Labute approximate surface area is 91.0 Å². The van der Waals surface area contributed by atoms with Crippen molar-refractivity contribution < 1.29 is 19.5 Å². The third-order valence-electron chi connectivity index (χ3n) is 1.16. The molecular formula is C7H17Cl2NO3. The van der Waals surface area contributed by atoms with Gasteiger partial charge in [-0.2, -0.15) is 0 Å². The van der Waals surface area contributed by atoms with Gasteiger partial charge in [0.1, 0.15) is 12.6 Å². The molecule has 0 aromatic rings. The fourth-order valence-corrected chi connectivity index (χ4v) is 0.889. The highest BCUT2D eigenvalue weighted by molar-refractivity contribution is 5.85. The van der Waals surface area contributed by atoms with Crippen LogP contribution in [0.3, 0.4) is 0 Å². The molecule has 0 amide bonds. The number of rotatable bonds is 4. The molecule has 0 spiro atoms. The Morgan fingerprint density at radius 3 is 2.00 bits per heavy atom. The molecule has 0 unspecified atom stereocenters. The van der Waals surface area contributed by atoms with Crippen molar-refractivity contribution >= 4 is 30.8 Å². The molecule has 0 bridgehead atoms. The van der Waals surface area contributed by atoms with Crippen molar-refractivity contribution in [3.63, 3.8) is 0 Å². The third kappa shape index (κ3) is 14.8. The van der Waals surface area contributed by atoms with E-state index < -0.39 is 12.1 Å². The zero-order valence-corrected chi connectivity index (χ0v) is 9.65. The van der Waals surface area contributed by atoms with Gasteiger partial charge >= 0.3 is 0 Å². The van der Waals surface area contributed by atoms with E-state index in [1.807, 2.05) is 21.1 Å². The van der Waals surface area contributed by atoms with Crippen LogP contribution in [0.15, 0.2) is 0 Å². The van der Waals surface area contributed by atoms with Crippen LogP contribution in [0.4, 0.5) is 0 Å². The predicted molar refractivity (Wildman–Crippen MR) is 53.0 cm³/mol. The van der Waals surface area contributed by atoms with Gasteiger partial charge in [-0.25, -0.2) is 0 Å². The third-order valence-corrected chi connectivity index (χ3v) is 1.16. The fraction of sp³-hybridized carbons (Fsp3) is 0.857. The molecule has 0 saturated carbocycles. The Kier molecular flexibility index (Phi) is 10.6. The number of carbonyl (C=O) groups is 1. The van der Waals surface area contributed by atoms with E-state index in [-0.39, 0.29) is 31.2 Å². The highest BCUT2D eigenvalue weighted by atomic mass is 35.5. The first kappa shape index (κ1) is 18.7. The normalized spacial score (nSPS) is 12.3. The van der Waals surface area contributed by atoms with Crippen LogP contribution in [-0.4, -0.2) is 49.4 Å². The number of aliphatic hydroxyl groups is 1. The molecule has 13 heavy (non-hydrogen) atoms. The van der Waals surface area contributed by atoms with Gasteiger partial charge in [0.05, 0.1) is 21.1 Å². The van der Waals surface area contributed by atoms with E-state index in [0.29, 0.717) is 11.0 Å². The number of nitrogens with zero attached hydrogens (tertiary/aromatic N) is 1. The second kappa shape index (κ2) is 7.38. The Morgan fingerprint density at radius 1 is 1.38 bits per heavy atom. The average molecular weight is 234 g/mol. The molecule has 0 radical (unpaired) electrons. The van der Waals surface area contributed by atoms with Crippen molar-refractivity contribution in [3.8, 4) is 0 Å². The number of carboxylic acids is 1. The SMILES string of the molecule is C[N+](C)(C)C[C@H](O)CC(=O)[O-].Cl.Cl. The summed E-state index contributed by atoms with van der Waals surface area (Å²) in [6.07, 6.45) is -1.09. The van der Waals surface area contributed by atoms with Crippen molar-refractivity contribution in [2.45, 2.75) is 12.5 Å². The van der Waals surface area contributed by atoms with Gasteiger partial charge in [-0.05, 0) is 0 Å². The minimum atomic E-state index is -1.20. The molecule has 0 rings (SSSR count). The van der Waals surface area contributed by atoms with Crippen LogP contribution in [0.25, 0.3) is 0 Å². The van der Waals surface area contributed by atoms with Crippen LogP contribution in [-0.2, 0) is 4.79 Å². The number of hydrogen-bond acceptors (Lipinski definition) is 3. The summed E-state index contributed by atoms with van der Waals surface area (Å²) >= 11 is 0. The van der Waals surface area contributed by atoms with Gasteiger partial charge in [0.15, 0.2) is 0 Å². The van der Waals surface area contributed by atoms with E-state index in [1.54, 1.807) is 0 Å². The number of carbonyl (C=O) groups excluding carboxylic acids is 1. The van der Waals surface area contributed by atoms with Crippen molar-refractivity contribution in [2.24, 2.45) is 0 Å². The molecule has 82 valence electrons. The molecule has 1 atom stereocenters. The summed E-state index contributed by atoms with van der Waals surface area (Å²) in [6, 6.07) is 0. The highest BCUT2D eigenvalue weighted by Gasteiger charge is 2.14. The predicted octanol–water partition coefficient (Wildman–Crippen LogP) is -0.963. The standard InChI is InChI=1S/C7H15NO3.2ClH/c1-8(2,3)5-6(9)4-7(10)11;;/h6,9H,4-5H2,1-3H3;2*1H/t6-;;/m1../s1. The lowest BCUT2D eigenvalue weighted by Gasteiger charge is -2.26. The topological polar surface area (TPSA) is 60.4 Å². The summed E-state index contributed by atoms with van der Waals surface area (Å²) in [5.74, 6) is -1.20. The number of likely N-dealkylation sites (N-methyl/N-ethyl adjacent to an activating group) is 1. The first-order chi connectivity index (χ1) is 4.81. The van der Waals surface area contributed by atoms with Crippen LogP contribution in [0.1, 0.15) is 6.42 Å². The number of carboxylic acid groups (broad SMARTS) is 1. The second-order valence-electron chi connectivity index (χ2n) is 3.70. The van der Waals surface area contributed by atoms with Crippen molar-refractivity contribution in [3.05, 3.63) is 0 Å². The molecule has 6 heteroatoms. The maximum absolute atomic E-state index is 10.0. The Bertz CT molecular complexity index is 147. The summed E-state index contributed by atoms with van der Waals surface area (Å²) in [5.41, 5.74) is 0. The van der Waals surface area contributed by atoms with Gasteiger partial charge in [-0.15, -0.1) is 24.8 Å². The van der Waals surface area contributed by atoms with Crippen molar-refractivity contribution in [2.75, 3.05) is 27.7 Å². The molecule has 1 N–H and O–H groups in total. The number of halogens is 2. The van der Waals surface area contributed by atoms with E-state index in [0.717, 1.165) is 0 Å². The molecule has 0 aromatic carbocycles. The van der Waals surface area contributed by atoms with Crippen LogP contribution in [0, 0.1) is 0 Å². The zero-order valence-electron chi connectivity index (χ0n) is 8.02. The monoisotopic (exact) mass is 233 g/mol. The van der Waals surface area contributed by atoms with E-state index in [9.17, 15) is 9.90 Å². The molecular weight excluding hydrogens is 217 g/mol. The van der Waals surface area contributed by atoms with Crippen LogP contribution < -0.4 is 5.11 Å². The van der Waals surface area contributed by atoms with Crippen LogP contribution in [0.5, 0.6) is 0 Å². The Morgan fingerprint density at radius 2 is 1.77 bits per heavy atom. The van der Waals surface area contributed by atoms with Gasteiger partial charge in [-0.1, -0.05) is 0 Å². The Balaban J connectivity index is -0.000000500. The van der Waals surface area contributed by atoms with E-state index in [1.165, 1.54) is 0 Å². The minimum Gasteiger partial charge on any atom is -0.550 e. The second-order valence-corrected chi connectivity index (χ2v) is 3.70. The number of quaternary nitrogens is 1. The molecule has 0 saturated heterocycles. The summed E-state index contributed by atoms with van der Waals surface area (Å²) in [5, 5.41) is 19.1. The minimum absolute atomic E-state index is 0. The van der Waals surface area contributed by atoms with Crippen LogP contribution in [0.2, 0.25) is 0 Å². The molecule has 4 nitrogen and oxygen atoms in total. The largest absolute Gasteiger partial charge is 0.550 e. The maximum atomic E-state index is 10.0. The van der Waals surface area contributed by atoms with Crippen LogP contribution >= 0.6 is 24.8 Å². The average Bonchev–Trinajstić information content (AvgIpc) is 1.53. The lowest BCUT2D eigenvalue weighted by molar-refractivity contribution is -0.873. The van der Waals surface area contributed by atoms with Gasteiger partial charge in [-0.3, -0.25) is 0 Å². The zero-order chi connectivity index (χ0) is 9.07. The molecule has 0 aliphatic heterocycles. The lowest BCUT2D eigenvalue weighted by Crippen LogP contribution is -2.43. The molecule has 0 fully saturated rings. The quantitative estimate of drug-likeness (QED) is 0.637. The summed E-state index contributed by atoms with van der Waals surface area (Å²) in [7, 11) is 5.66. The summed E-state index contributed by atoms with van der Waals surface area (Å²) in [4.78, 5) is 10.0. The van der Waals surface area contributed by atoms with E-state index >= 15 is 0 Å². The van der Waals surface area contributed by atoms with Gasteiger partial charge in [0.2, 0.25) is 0 Å². The van der Waals surface area contributed by atoms with Crippen molar-refractivity contribution in [1.29, 1.82) is 0 Å². The van der Waals surface area contributed by atoms with Gasteiger partial charge in [0.25, 0.3) is 0 Å². The summed E-state index contributed by atoms with van der Waals surface area (Å²) < 4.78 is 0.550. The fourth-order valence-electron chi connectivity index (χ4n) is 0.889. The molecule has 0 aromatic heterocycles. The number of aliphatic carboxylic acids is 1. The van der Waals surface area contributed by atoms with Gasteiger partial charge < -0.3 is 19.5 Å². The van der Waals surface area contributed by atoms with E-state index in [4.69, 9.17) is 5.11 Å². The van der Waals surface area contributed by atoms with Crippen molar-refractivity contribution in [1.82, 2.24) is 0 Å². The molecule has 0 aliphatic rings. The highest BCUT2D eigenvalue weighted by Crippen LogP contribution is 1.97.